The van der Waals surface area contributed by atoms with Gasteiger partial charge in [-0.15, -0.1) is 0 Å². The van der Waals surface area contributed by atoms with E-state index in [9.17, 15) is 4.79 Å². The maximum absolute atomic E-state index is 11.5. The fourth-order valence-corrected chi connectivity index (χ4v) is 2.39. The highest BCUT2D eigenvalue weighted by atomic mass is 16.5. The van der Waals surface area contributed by atoms with E-state index in [2.05, 4.69) is 18.7 Å². The molecule has 1 rings (SSSR count). The van der Waals surface area contributed by atoms with E-state index in [1.165, 1.54) is 26.4 Å². The Hall–Kier alpha value is -0.570. The van der Waals surface area contributed by atoms with Crippen LogP contribution in [0.5, 0.6) is 0 Å². The summed E-state index contributed by atoms with van der Waals surface area (Å²) in [4.78, 5) is 13.9. The van der Waals surface area contributed by atoms with Crippen molar-refractivity contribution in [1.82, 2.24) is 4.90 Å². The van der Waals surface area contributed by atoms with Crippen LogP contribution in [-0.2, 0) is 9.53 Å². The first-order valence-corrected chi connectivity index (χ1v) is 6.38. The van der Waals surface area contributed by atoms with Gasteiger partial charge in [0, 0.05) is 6.04 Å². The van der Waals surface area contributed by atoms with Crippen molar-refractivity contribution in [3.8, 4) is 0 Å². The summed E-state index contributed by atoms with van der Waals surface area (Å²) in [6.07, 6.45) is 3.81. The van der Waals surface area contributed by atoms with Gasteiger partial charge in [-0.25, -0.2) is 0 Å². The molecule has 3 heteroatoms. The third-order valence-corrected chi connectivity index (χ3v) is 3.92. The number of carbonyl (C=O) groups is 1. The van der Waals surface area contributed by atoms with E-state index < -0.39 is 0 Å². The van der Waals surface area contributed by atoms with Crippen LogP contribution >= 0.6 is 0 Å². The summed E-state index contributed by atoms with van der Waals surface area (Å²) in [5.74, 6) is 0.703. The molecule has 1 fully saturated rings. The number of hydrogen-bond acceptors (Lipinski definition) is 3. The van der Waals surface area contributed by atoms with Crippen LogP contribution < -0.4 is 0 Å². The molecule has 0 aromatic carbocycles. The number of hydrogen-bond donors (Lipinski definition) is 0. The smallest absolute Gasteiger partial charge is 0.309 e. The second kappa shape index (κ2) is 6.24. The normalized spacial score (nSPS) is 26.9. The van der Waals surface area contributed by atoms with Crippen molar-refractivity contribution in [1.29, 1.82) is 0 Å². The Labute approximate surface area is 99.1 Å². The summed E-state index contributed by atoms with van der Waals surface area (Å²) >= 11 is 0. The topological polar surface area (TPSA) is 29.5 Å². The zero-order valence-electron chi connectivity index (χ0n) is 11.0. The molecule has 0 bridgehead atoms. The van der Waals surface area contributed by atoms with Gasteiger partial charge in [0.05, 0.1) is 13.0 Å². The highest BCUT2D eigenvalue weighted by Crippen LogP contribution is 2.21. The maximum atomic E-state index is 11.5. The summed E-state index contributed by atoms with van der Waals surface area (Å²) in [6.45, 7) is 8.65. The molecule has 0 amide bonds. The van der Waals surface area contributed by atoms with Gasteiger partial charge in [-0.3, -0.25) is 9.69 Å². The van der Waals surface area contributed by atoms with Crippen LogP contribution in [0.1, 0.15) is 40.0 Å². The minimum Gasteiger partial charge on any atom is -0.469 e. The molecule has 0 aromatic heterocycles. The molecule has 0 saturated carbocycles. The number of likely N-dealkylation sites (tertiary alicyclic amines) is 1. The number of rotatable bonds is 3. The van der Waals surface area contributed by atoms with Crippen LogP contribution in [0.2, 0.25) is 0 Å². The Morgan fingerprint density at radius 2 is 2.00 bits per heavy atom. The Morgan fingerprint density at radius 1 is 1.31 bits per heavy atom. The van der Waals surface area contributed by atoms with E-state index in [-0.39, 0.29) is 17.9 Å². The van der Waals surface area contributed by atoms with Crippen molar-refractivity contribution in [3.63, 3.8) is 0 Å². The van der Waals surface area contributed by atoms with Gasteiger partial charge in [0.15, 0.2) is 0 Å². The molecule has 0 spiro atoms. The van der Waals surface area contributed by atoms with Crippen LogP contribution in [0.25, 0.3) is 0 Å². The first-order valence-electron chi connectivity index (χ1n) is 6.38. The monoisotopic (exact) mass is 227 g/mol. The standard InChI is InChI=1S/C13H25NO2/c1-10-6-5-8-14(9-7-10)12(3)11(2)13(15)16-4/h10-12H,5-9H2,1-4H3. The molecule has 1 heterocycles. The van der Waals surface area contributed by atoms with Crippen molar-refractivity contribution in [2.45, 2.75) is 46.1 Å². The van der Waals surface area contributed by atoms with Gasteiger partial charge >= 0.3 is 5.97 Å². The van der Waals surface area contributed by atoms with E-state index in [0.29, 0.717) is 0 Å². The molecule has 0 aliphatic carbocycles. The Bertz CT molecular complexity index is 230. The Kier molecular flexibility index (Phi) is 5.26. The lowest BCUT2D eigenvalue weighted by molar-refractivity contribution is -0.147. The Morgan fingerprint density at radius 3 is 2.62 bits per heavy atom. The summed E-state index contributed by atoms with van der Waals surface area (Å²) in [5.41, 5.74) is 0. The van der Waals surface area contributed by atoms with Crippen molar-refractivity contribution >= 4 is 5.97 Å². The lowest BCUT2D eigenvalue weighted by Gasteiger charge is -2.30. The number of carbonyl (C=O) groups excluding carboxylic acids is 1. The largest absolute Gasteiger partial charge is 0.469 e. The average Bonchev–Trinajstić information content (AvgIpc) is 2.51. The summed E-state index contributed by atoms with van der Waals surface area (Å²) in [7, 11) is 1.47. The Balaban J connectivity index is 2.52. The van der Waals surface area contributed by atoms with Crippen molar-refractivity contribution in [2.24, 2.45) is 11.8 Å². The summed E-state index contributed by atoms with van der Waals surface area (Å²) < 4.78 is 4.81. The number of nitrogens with zero attached hydrogens (tertiary/aromatic N) is 1. The quantitative estimate of drug-likeness (QED) is 0.693. The molecule has 0 aromatic rings. The number of ether oxygens (including phenoxy) is 1. The van der Waals surface area contributed by atoms with E-state index >= 15 is 0 Å². The molecule has 94 valence electrons. The molecule has 3 nitrogen and oxygen atoms in total. The van der Waals surface area contributed by atoms with Crippen molar-refractivity contribution in [3.05, 3.63) is 0 Å². The number of esters is 1. The molecule has 3 atom stereocenters. The maximum Gasteiger partial charge on any atom is 0.309 e. The fraction of sp³-hybridized carbons (Fsp3) is 0.923. The van der Waals surface area contributed by atoms with Crippen LogP contribution in [0.3, 0.4) is 0 Å². The third-order valence-electron chi connectivity index (χ3n) is 3.92. The van der Waals surface area contributed by atoms with Gasteiger partial charge in [0.1, 0.15) is 0 Å². The number of methoxy groups -OCH3 is 1. The van der Waals surface area contributed by atoms with Crippen molar-refractivity contribution < 1.29 is 9.53 Å². The van der Waals surface area contributed by atoms with Crippen LogP contribution in [-0.4, -0.2) is 37.1 Å². The first kappa shape index (κ1) is 13.5. The molecule has 16 heavy (non-hydrogen) atoms. The fourth-order valence-electron chi connectivity index (χ4n) is 2.39. The lowest BCUT2D eigenvalue weighted by Crippen LogP contribution is -2.41. The molecular weight excluding hydrogens is 202 g/mol. The van der Waals surface area contributed by atoms with E-state index in [0.717, 1.165) is 19.0 Å². The van der Waals surface area contributed by atoms with Gasteiger partial charge in [-0.1, -0.05) is 13.8 Å². The van der Waals surface area contributed by atoms with Gasteiger partial charge in [-0.2, -0.15) is 0 Å². The minimum atomic E-state index is -0.0928. The first-order chi connectivity index (χ1) is 7.56. The highest BCUT2D eigenvalue weighted by molar-refractivity contribution is 5.72. The predicted molar refractivity (Wildman–Crippen MR) is 65.2 cm³/mol. The van der Waals surface area contributed by atoms with Gasteiger partial charge in [-0.05, 0) is 45.2 Å². The second-order valence-electron chi connectivity index (χ2n) is 5.12. The van der Waals surface area contributed by atoms with Gasteiger partial charge in [0.25, 0.3) is 0 Å². The molecule has 3 unspecified atom stereocenters. The van der Waals surface area contributed by atoms with Gasteiger partial charge in [0.2, 0.25) is 0 Å². The van der Waals surface area contributed by atoms with E-state index in [4.69, 9.17) is 4.74 Å². The second-order valence-corrected chi connectivity index (χ2v) is 5.12. The SMILES string of the molecule is COC(=O)C(C)C(C)N1CCCC(C)CC1. The van der Waals surface area contributed by atoms with Crippen LogP contribution in [0, 0.1) is 11.8 Å². The highest BCUT2D eigenvalue weighted by Gasteiger charge is 2.27. The summed E-state index contributed by atoms with van der Waals surface area (Å²) in [5, 5.41) is 0. The van der Waals surface area contributed by atoms with E-state index in [1.54, 1.807) is 0 Å². The molecule has 1 aliphatic rings. The van der Waals surface area contributed by atoms with Crippen molar-refractivity contribution in [2.75, 3.05) is 20.2 Å². The molecular formula is C13H25NO2. The van der Waals surface area contributed by atoms with Crippen LogP contribution in [0.4, 0.5) is 0 Å². The average molecular weight is 227 g/mol. The lowest BCUT2D eigenvalue weighted by atomic mass is 10.0. The van der Waals surface area contributed by atoms with Gasteiger partial charge < -0.3 is 4.74 Å². The molecule has 1 saturated heterocycles. The molecule has 1 aliphatic heterocycles. The third kappa shape index (κ3) is 3.48. The van der Waals surface area contributed by atoms with Crippen LogP contribution in [0.15, 0.2) is 0 Å². The molecule has 0 radical (unpaired) electrons. The zero-order chi connectivity index (χ0) is 12.1. The zero-order valence-corrected chi connectivity index (χ0v) is 11.0. The van der Waals surface area contributed by atoms with E-state index in [1.807, 2.05) is 6.92 Å². The predicted octanol–water partition coefficient (Wildman–Crippen LogP) is 2.31. The minimum absolute atomic E-state index is 0.0293. The molecule has 0 N–H and O–H groups in total. The summed E-state index contributed by atoms with van der Waals surface area (Å²) in [6, 6.07) is 0.290.